The fraction of sp³-hybridized carbons (Fsp3) is 0.640. The van der Waals surface area contributed by atoms with E-state index in [1.54, 1.807) is 4.90 Å². The summed E-state index contributed by atoms with van der Waals surface area (Å²) in [5.74, 6) is 2.37. The molecular weight excluding hydrogens is 431 g/mol. The SMILES string of the molecule is O=C(Nc1c[nH]c2ccc(OCCC3C[C@@H]4CN(CC(F)(F)F)C[C@@H]4C3)cc12)C1CC12CC2. The number of ether oxygens (including phenoxy) is 1. The van der Waals surface area contributed by atoms with Gasteiger partial charge < -0.3 is 15.0 Å². The first kappa shape index (κ1) is 21.3. The highest BCUT2D eigenvalue weighted by Gasteiger charge is 2.65. The van der Waals surface area contributed by atoms with Crippen LogP contribution in [0.4, 0.5) is 18.9 Å². The third-order valence-electron chi connectivity index (χ3n) is 8.43. The number of benzene rings is 1. The summed E-state index contributed by atoms with van der Waals surface area (Å²) in [6, 6.07) is 5.87. The average Bonchev–Trinajstić information content (AvgIpc) is 3.53. The van der Waals surface area contributed by atoms with Crippen LogP contribution in [0, 0.1) is 29.1 Å². The molecule has 0 radical (unpaired) electrons. The summed E-state index contributed by atoms with van der Waals surface area (Å²) in [4.78, 5) is 17.3. The third-order valence-corrected chi connectivity index (χ3v) is 8.43. The molecule has 1 amide bonds. The number of amides is 1. The molecule has 33 heavy (non-hydrogen) atoms. The van der Waals surface area contributed by atoms with E-state index in [4.69, 9.17) is 4.74 Å². The molecule has 5 nitrogen and oxygen atoms in total. The van der Waals surface area contributed by atoms with Crippen LogP contribution in [0.1, 0.15) is 38.5 Å². The predicted molar refractivity (Wildman–Crippen MR) is 119 cm³/mol. The lowest BCUT2D eigenvalue weighted by Crippen LogP contribution is -2.33. The number of anilines is 1. The maximum Gasteiger partial charge on any atom is 0.401 e. The molecule has 8 heteroatoms. The number of likely N-dealkylation sites (tertiary alicyclic amines) is 1. The van der Waals surface area contributed by atoms with Gasteiger partial charge in [-0.05, 0) is 79.9 Å². The maximum atomic E-state index is 12.6. The minimum Gasteiger partial charge on any atom is -0.494 e. The summed E-state index contributed by atoms with van der Waals surface area (Å²) >= 11 is 0. The molecule has 4 atom stereocenters. The van der Waals surface area contributed by atoms with Crippen molar-refractivity contribution >= 4 is 22.5 Å². The lowest BCUT2D eigenvalue weighted by Gasteiger charge is -2.20. The topological polar surface area (TPSA) is 57.4 Å². The van der Waals surface area contributed by atoms with Crippen molar-refractivity contribution in [3.05, 3.63) is 24.4 Å². The van der Waals surface area contributed by atoms with Crippen LogP contribution in [0.2, 0.25) is 0 Å². The summed E-state index contributed by atoms with van der Waals surface area (Å²) in [6.45, 7) is 0.961. The van der Waals surface area contributed by atoms with Crippen LogP contribution >= 0.6 is 0 Å². The van der Waals surface area contributed by atoms with Crippen LogP contribution in [0.5, 0.6) is 5.75 Å². The molecule has 1 aliphatic heterocycles. The number of H-pyrrole nitrogens is 1. The zero-order valence-electron chi connectivity index (χ0n) is 18.6. The van der Waals surface area contributed by atoms with Crippen molar-refractivity contribution in [3.63, 3.8) is 0 Å². The zero-order chi connectivity index (χ0) is 22.8. The van der Waals surface area contributed by atoms with Crippen LogP contribution in [0.15, 0.2) is 24.4 Å². The minimum absolute atomic E-state index is 0.125. The first-order valence-electron chi connectivity index (χ1n) is 12.1. The molecule has 6 rings (SSSR count). The van der Waals surface area contributed by atoms with Crippen molar-refractivity contribution in [3.8, 4) is 5.75 Å². The standard InChI is InChI=1S/C25H30F3N3O2/c26-25(27,28)14-31-12-16-7-15(8-17(16)13-31)3-6-33-18-1-2-21-19(9-18)22(11-29-21)30-23(32)20-10-24(20)4-5-24/h1-2,9,11,15-17,20,29H,3-8,10,12-14H2,(H,30,32)/t15?,16-,17+,20?. The van der Waals surface area contributed by atoms with Gasteiger partial charge in [-0.15, -0.1) is 0 Å². The second kappa shape index (κ2) is 7.65. The molecule has 1 aromatic carbocycles. The Hall–Kier alpha value is -2.22. The second-order valence-electron chi connectivity index (χ2n) is 10.8. The van der Waals surface area contributed by atoms with Gasteiger partial charge in [-0.25, -0.2) is 0 Å². The van der Waals surface area contributed by atoms with Crippen LogP contribution in [-0.2, 0) is 4.79 Å². The zero-order valence-corrected chi connectivity index (χ0v) is 18.6. The fourth-order valence-electron chi connectivity index (χ4n) is 6.43. The van der Waals surface area contributed by atoms with Gasteiger partial charge in [0.2, 0.25) is 5.91 Å². The Morgan fingerprint density at radius 2 is 1.97 bits per heavy atom. The molecule has 3 saturated carbocycles. The fourth-order valence-corrected chi connectivity index (χ4v) is 6.43. The van der Waals surface area contributed by atoms with E-state index in [-0.39, 0.29) is 11.8 Å². The molecule has 2 unspecified atom stereocenters. The Bertz CT molecular complexity index is 1050. The molecule has 4 fully saturated rings. The molecule has 2 heterocycles. The van der Waals surface area contributed by atoms with Crippen molar-refractivity contribution in [2.24, 2.45) is 29.1 Å². The van der Waals surface area contributed by atoms with Gasteiger partial charge in [0.1, 0.15) is 5.75 Å². The highest BCUT2D eigenvalue weighted by atomic mass is 19.4. The number of nitrogens with one attached hydrogen (secondary N) is 2. The van der Waals surface area contributed by atoms with E-state index in [1.807, 2.05) is 24.4 Å². The van der Waals surface area contributed by atoms with E-state index in [0.717, 1.165) is 48.0 Å². The van der Waals surface area contributed by atoms with Crippen molar-refractivity contribution in [1.29, 1.82) is 0 Å². The van der Waals surface area contributed by atoms with Gasteiger partial charge in [0, 0.05) is 36.1 Å². The smallest absolute Gasteiger partial charge is 0.401 e. The van der Waals surface area contributed by atoms with Gasteiger partial charge in [-0.1, -0.05) is 0 Å². The Labute approximate surface area is 191 Å². The summed E-state index contributed by atoms with van der Waals surface area (Å²) < 4.78 is 44.0. The molecule has 1 spiro atoms. The summed E-state index contributed by atoms with van der Waals surface area (Å²) in [5.41, 5.74) is 2.09. The molecule has 4 aliphatic rings. The normalized spacial score (nSPS) is 30.0. The summed E-state index contributed by atoms with van der Waals surface area (Å²) in [7, 11) is 0. The van der Waals surface area contributed by atoms with Gasteiger partial charge in [-0.3, -0.25) is 9.69 Å². The number of fused-ring (bicyclic) bond motifs is 2. The number of halogens is 3. The van der Waals surface area contributed by atoms with Crippen LogP contribution < -0.4 is 10.1 Å². The largest absolute Gasteiger partial charge is 0.494 e. The quantitative estimate of drug-likeness (QED) is 0.596. The van der Waals surface area contributed by atoms with E-state index in [2.05, 4.69) is 10.3 Å². The Kier molecular flexibility index (Phi) is 4.94. The number of alkyl halides is 3. The summed E-state index contributed by atoms with van der Waals surface area (Å²) in [6.07, 6.45) is 4.05. The lowest BCUT2D eigenvalue weighted by atomic mass is 10.0. The van der Waals surface area contributed by atoms with E-state index in [9.17, 15) is 18.0 Å². The number of rotatable bonds is 7. The van der Waals surface area contributed by atoms with Gasteiger partial charge in [0.15, 0.2) is 0 Å². The van der Waals surface area contributed by atoms with Crippen molar-refractivity contribution in [1.82, 2.24) is 9.88 Å². The van der Waals surface area contributed by atoms with Gasteiger partial charge in [0.25, 0.3) is 0 Å². The minimum atomic E-state index is -4.10. The number of carbonyl (C=O) groups is 1. The van der Waals surface area contributed by atoms with Gasteiger partial charge in [0.05, 0.1) is 18.8 Å². The van der Waals surface area contributed by atoms with E-state index in [0.29, 0.717) is 42.9 Å². The molecular formula is C25H30F3N3O2. The van der Waals surface area contributed by atoms with Crippen LogP contribution in [0.3, 0.4) is 0 Å². The highest BCUT2D eigenvalue weighted by Crippen LogP contribution is 2.70. The van der Waals surface area contributed by atoms with E-state index >= 15 is 0 Å². The highest BCUT2D eigenvalue weighted by molar-refractivity contribution is 6.04. The monoisotopic (exact) mass is 461 g/mol. The first-order valence-corrected chi connectivity index (χ1v) is 12.1. The Morgan fingerprint density at radius 3 is 2.64 bits per heavy atom. The molecule has 1 aromatic heterocycles. The third kappa shape index (κ3) is 4.34. The molecule has 0 bridgehead atoms. The first-order chi connectivity index (χ1) is 15.8. The number of carbonyl (C=O) groups excluding carboxylic acids is 1. The van der Waals surface area contributed by atoms with Gasteiger partial charge >= 0.3 is 6.18 Å². The summed E-state index contributed by atoms with van der Waals surface area (Å²) in [5, 5.41) is 4.04. The number of aromatic amines is 1. The van der Waals surface area contributed by atoms with E-state index in [1.165, 1.54) is 12.8 Å². The lowest BCUT2D eigenvalue weighted by molar-refractivity contribution is -0.144. The molecule has 178 valence electrons. The maximum absolute atomic E-state index is 12.6. The van der Waals surface area contributed by atoms with E-state index < -0.39 is 12.7 Å². The van der Waals surface area contributed by atoms with Crippen molar-refractivity contribution in [2.45, 2.75) is 44.7 Å². The number of nitrogens with zero attached hydrogens (tertiary/aromatic N) is 1. The van der Waals surface area contributed by atoms with Crippen LogP contribution in [0.25, 0.3) is 10.9 Å². The number of hydrogen-bond donors (Lipinski definition) is 2. The van der Waals surface area contributed by atoms with Gasteiger partial charge in [-0.2, -0.15) is 13.2 Å². The Morgan fingerprint density at radius 1 is 1.21 bits per heavy atom. The molecule has 3 aliphatic carbocycles. The Balaban J connectivity index is 0.998. The number of aromatic nitrogens is 1. The second-order valence-corrected chi connectivity index (χ2v) is 10.8. The predicted octanol–water partition coefficient (Wildman–Crippen LogP) is 5.20. The van der Waals surface area contributed by atoms with Crippen LogP contribution in [-0.4, -0.2) is 48.2 Å². The number of hydrogen-bond acceptors (Lipinski definition) is 3. The average molecular weight is 462 g/mol. The molecule has 1 saturated heterocycles. The van der Waals surface area contributed by atoms with Crippen molar-refractivity contribution in [2.75, 3.05) is 31.6 Å². The molecule has 2 aromatic rings. The molecule has 2 N–H and O–H groups in total. The van der Waals surface area contributed by atoms with Crippen molar-refractivity contribution < 1.29 is 22.7 Å².